The predicted octanol–water partition coefficient (Wildman–Crippen LogP) is 2.92. The summed E-state index contributed by atoms with van der Waals surface area (Å²) in [5, 5.41) is 8.26. The maximum atomic E-state index is 12.6. The van der Waals surface area contributed by atoms with Crippen LogP contribution in [-0.4, -0.2) is 18.5 Å². The molecule has 0 radical (unpaired) electrons. The monoisotopic (exact) mass is 325 g/mol. The number of hydrogen-bond acceptors (Lipinski definition) is 3. The fourth-order valence-corrected chi connectivity index (χ4v) is 2.45. The SMILES string of the molecule is CCNC(=O)NC(=O)[C@@H](N[C@H](C)c1ccccc1)c1ccccc1. The molecule has 0 saturated carbocycles. The highest BCUT2D eigenvalue weighted by molar-refractivity contribution is 5.97. The van der Waals surface area contributed by atoms with Gasteiger partial charge in [0.25, 0.3) is 0 Å². The minimum atomic E-state index is -0.621. The number of rotatable bonds is 6. The van der Waals surface area contributed by atoms with Crippen LogP contribution < -0.4 is 16.0 Å². The maximum absolute atomic E-state index is 12.6. The minimum Gasteiger partial charge on any atom is -0.338 e. The number of carbonyl (C=O) groups excluding carboxylic acids is 2. The van der Waals surface area contributed by atoms with E-state index in [1.54, 1.807) is 6.92 Å². The summed E-state index contributed by atoms with van der Waals surface area (Å²) in [4.78, 5) is 24.2. The summed E-state index contributed by atoms with van der Waals surface area (Å²) in [6.07, 6.45) is 0. The quantitative estimate of drug-likeness (QED) is 0.765. The van der Waals surface area contributed by atoms with Crippen LogP contribution in [0.5, 0.6) is 0 Å². The Kier molecular flexibility index (Phi) is 6.51. The molecule has 5 nitrogen and oxygen atoms in total. The van der Waals surface area contributed by atoms with Crippen molar-refractivity contribution in [2.75, 3.05) is 6.54 Å². The number of imide groups is 1. The van der Waals surface area contributed by atoms with Gasteiger partial charge in [0.15, 0.2) is 0 Å². The Labute approximate surface area is 142 Å². The number of amides is 3. The van der Waals surface area contributed by atoms with Gasteiger partial charge in [-0.25, -0.2) is 4.79 Å². The first kappa shape index (κ1) is 17.7. The Morgan fingerprint density at radius 1 is 0.917 bits per heavy atom. The molecule has 0 unspecified atom stereocenters. The summed E-state index contributed by atoms with van der Waals surface area (Å²) in [5.41, 5.74) is 1.88. The summed E-state index contributed by atoms with van der Waals surface area (Å²) in [6, 6.07) is 18.1. The number of urea groups is 1. The summed E-state index contributed by atoms with van der Waals surface area (Å²) < 4.78 is 0. The van der Waals surface area contributed by atoms with Gasteiger partial charge in [-0.1, -0.05) is 60.7 Å². The average Bonchev–Trinajstić information content (AvgIpc) is 2.61. The molecule has 2 aromatic rings. The summed E-state index contributed by atoms with van der Waals surface area (Å²) in [7, 11) is 0. The van der Waals surface area contributed by atoms with Crippen LogP contribution in [0.3, 0.4) is 0 Å². The predicted molar refractivity (Wildman–Crippen MR) is 94.4 cm³/mol. The highest BCUT2D eigenvalue weighted by Gasteiger charge is 2.24. The third-order valence-electron chi connectivity index (χ3n) is 3.69. The fraction of sp³-hybridized carbons (Fsp3) is 0.263. The van der Waals surface area contributed by atoms with Crippen LogP contribution in [0.25, 0.3) is 0 Å². The number of nitrogens with one attached hydrogen (secondary N) is 3. The van der Waals surface area contributed by atoms with E-state index in [-0.39, 0.29) is 11.9 Å². The first-order chi connectivity index (χ1) is 11.6. The highest BCUT2D eigenvalue weighted by Crippen LogP contribution is 2.19. The molecular formula is C19H23N3O2. The van der Waals surface area contributed by atoms with Gasteiger partial charge in [0, 0.05) is 12.6 Å². The van der Waals surface area contributed by atoms with Crippen LogP contribution >= 0.6 is 0 Å². The zero-order valence-corrected chi connectivity index (χ0v) is 14.0. The second kappa shape index (κ2) is 8.84. The van der Waals surface area contributed by atoms with Crippen molar-refractivity contribution >= 4 is 11.9 Å². The standard InChI is InChI=1S/C19H23N3O2/c1-3-20-19(24)22-18(23)17(16-12-8-5-9-13-16)21-14(2)15-10-6-4-7-11-15/h4-14,17,21H,3H2,1-2H3,(H2,20,22,23,24)/t14-,17+/m1/s1. The van der Waals surface area contributed by atoms with E-state index in [1.807, 2.05) is 67.6 Å². The van der Waals surface area contributed by atoms with Gasteiger partial charge in [-0.05, 0) is 25.0 Å². The molecule has 0 bridgehead atoms. The molecule has 0 aliphatic carbocycles. The molecule has 0 spiro atoms. The smallest absolute Gasteiger partial charge is 0.321 e. The van der Waals surface area contributed by atoms with Gasteiger partial charge in [0.05, 0.1) is 0 Å². The van der Waals surface area contributed by atoms with E-state index in [2.05, 4.69) is 16.0 Å². The van der Waals surface area contributed by atoms with Gasteiger partial charge in [0.1, 0.15) is 6.04 Å². The Hall–Kier alpha value is -2.66. The van der Waals surface area contributed by atoms with Gasteiger partial charge >= 0.3 is 6.03 Å². The zero-order chi connectivity index (χ0) is 17.4. The van der Waals surface area contributed by atoms with Crippen LogP contribution in [0.1, 0.15) is 37.1 Å². The molecule has 2 aromatic carbocycles. The molecule has 5 heteroatoms. The summed E-state index contributed by atoms with van der Waals surface area (Å²) in [6.45, 7) is 4.25. The van der Waals surface area contributed by atoms with E-state index in [0.717, 1.165) is 11.1 Å². The lowest BCUT2D eigenvalue weighted by atomic mass is 10.0. The van der Waals surface area contributed by atoms with Gasteiger partial charge in [-0.2, -0.15) is 0 Å². The second-order valence-corrected chi connectivity index (χ2v) is 5.49. The Morgan fingerprint density at radius 2 is 1.46 bits per heavy atom. The van der Waals surface area contributed by atoms with Crippen LogP contribution in [0.15, 0.2) is 60.7 Å². The third kappa shape index (κ3) is 4.93. The fourth-order valence-electron chi connectivity index (χ4n) is 2.45. The van der Waals surface area contributed by atoms with Crippen molar-refractivity contribution in [2.45, 2.75) is 25.9 Å². The van der Waals surface area contributed by atoms with E-state index >= 15 is 0 Å². The molecule has 2 rings (SSSR count). The maximum Gasteiger partial charge on any atom is 0.321 e. The second-order valence-electron chi connectivity index (χ2n) is 5.49. The third-order valence-corrected chi connectivity index (χ3v) is 3.69. The lowest BCUT2D eigenvalue weighted by molar-refractivity contribution is -0.122. The molecule has 0 aliphatic rings. The van der Waals surface area contributed by atoms with Crippen LogP contribution in [0.4, 0.5) is 4.79 Å². The lowest BCUT2D eigenvalue weighted by Gasteiger charge is -2.23. The normalized spacial score (nSPS) is 12.9. The molecular weight excluding hydrogens is 302 g/mol. The summed E-state index contributed by atoms with van der Waals surface area (Å²) in [5.74, 6) is -0.380. The van der Waals surface area contributed by atoms with Crippen LogP contribution in [0.2, 0.25) is 0 Å². The molecule has 0 heterocycles. The average molecular weight is 325 g/mol. The van der Waals surface area contributed by atoms with E-state index in [1.165, 1.54) is 0 Å². The van der Waals surface area contributed by atoms with Crippen molar-refractivity contribution in [1.29, 1.82) is 0 Å². The number of hydrogen-bond donors (Lipinski definition) is 3. The molecule has 0 saturated heterocycles. The molecule has 3 N–H and O–H groups in total. The molecule has 24 heavy (non-hydrogen) atoms. The van der Waals surface area contributed by atoms with Crippen molar-refractivity contribution in [3.63, 3.8) is 0 Å². The lowest BCUT2D eigenvalue weighted by Crippen LogP contribution is -2.45. The largest absolute Gasteiger partial charge is 0.338 e. The van der Waals surface area contributed by atoms with E-state index < -0.39 is 12.1 Å². The van der Waals surface area contributed by atoms with Gasteiger partial charge in [-0.15, -0.1) is 0 Å². The topological polar surface area (TPSA) is 70.2 Å². The number of carbonyl (C=O) groups is 2. The van der Waals surface area contributed by atoms with Crippen molar-refractivity contribution in [2.24, 2.45) is 0 Å². The van der Waals surface area contributed by atoms with Crippen LogP contribution in [0, 0.1) is 0 Å². The molecule has 0 aliphatic heterocycles. The van der Waals surface area contributed by atoms with Crippen molar-refractivity contribution in [3.05, 3.63) is 71.8 Å². The van der Waals surface area contributed by atoms with Gasteiger partial charge in [-0.3, -0.25) is 15.4 Å². The minimum absolute atomic E-state index is 0.0450. The van der Waals surface area contributed by atoms with E-state index in [0.29, 0.717) is 6.54 Å². The van der Waals surface area contributed by atoms with E-state index in [9.17, 15) is 9.59 Å². The van der Waals surface area contributed by atoms with Crippen molar-refractivity contribution in [3.8, 4) is 0 Å². The van der Waals surface area contributed by atoms with Gasteiger partial charge in [0.2, 0.25) is 5.91 Å². The molecule has 2 atom stereocenters. The molecule has 3 amide bonds. The van der Waals surface area contributed by atoms with Crippen molar-refractivity contribution in [1.82, 2.24) is 16.0 Å². The van der Waals surface area contributed by atoms with Crippen molar-refractivity contribution < 1.29 is 9.59 Å². The van der Waals surface area contributed by atoms with E-state index in [4.69, 9.17) is 0 Å². The number of benzene rings is 2. The highest BCUT2D eigenvalue weighted by atomic mass is 16.2. The zero-order valence-electron chi connectivity index (χ0n) is 14.0. The van der Waals surface area contributed by atoms with Crippen LogP contribution in [-0.2, 0) is 4.79 Å². The summed E-state index contributed by atoms with van der Waals surface area (Å²) >= 11 is 0. The molecule has 0 aromatic heterocycles. The Bertz CT molecular complexity index is 659. The Morgan fingerprint density at radius 3 is 2.00 bits per heavy atom. The first-order valence-electron chi connectivity index (χ1n) is 8.06. The first-order valence-corrected chi connectivity index (χ1v) is 8.06. The Balaban J connectivity index is 2.17. The molecule has 126 valence electrons. The van der Waals surface area contributed by atoms with Gasteiger partial charge < -0.3 is 5.32 Å². The molecule has 0 fully saturated rings.